The number of carbonyl (C=O) groups is 1. The fraction of sp³-hybridized carbons (Fsp3) is 0.941. The molecule has 4 nitrogen and oxygen atoms in total. The Balaban J connectivity index is 1.97. The minimum atomic E-state index is -0.462. The predicted octanol–water partition coefficient (Wildman–Crippen LogP) is 1.99. The van der Waals surface area contributed by atoms with Gasteiger partial charge in [-0.25, -0.2) is 0 Å². The van der Waals surface area contributed by atoms with Crippen molar-refractivity contribution < 1.29 is 4.79 Å². The van der Waals surface area contributed by atoms with Gasteiger partial charge in [0.1, 0.15) is 5.54 Å². The van der Waals surface area contributed by atoms with Crippen LogP contribution in [0.3, 0.4) is 0 Å². The normalized spacial score (nSPS) is 41.3. The van der Waals surface area contributed by atoms with E-state index >= 15 is 0 Å². The third kappa shape index (κ3) is 3.26. The molecule has 2 rings (SSSR count). The summed E-state index contributed by atoms with van der Waals surface area (Å²) in [6, 6.07) is 0.653. The average Bonchev–Trinajstić information content (AvgIpc) is 2.85. The molecule has 21 heavy (non-hydrogen) atoms. The molecule has 5 atom stereocenters. The van der Waals surface area contributed by atoms with E-state index in [1.54, 1.807) is 0 Å². The van der Waals surface area contributed by atoms with Crippen molar-refractivity contribution in [2.45, 2.75) is 64.5 Å². The molecule has 1 heterocycles. The van der Waals surface area contributed by atoms with Crippen LogP contribution in [0.15, 0.2) is 0 Å². The van der Waals surface area contributed by atoms with E-state index < -0.39 is 5.54 Å². The topological polar surface area (TPSA) is 58.4 Å². The number of hydrogen-bond acceptors (Lipinski definition) is 3. The quantitative estimate of drug-likeness (QED) is 0.815. The second-order valence-electron chi connectivity index (χ2n) is 7.52. The fourth-order valence-electron chi connectivity index (χ4n) is 4.69. The van der Waals surface area contributed by atoms with Gasteiger partial charge in [-0.15, -0.1) is 0 Å². The summed E-state index contributed by atoms with van der Waals surface area (Å²) >= 11 is 0. The van der Waals surface area contributed by atoms with Crippen LogP contribution in [0.2, 0.25) is 0 Å². The van der Waals surface area contributed by atoms with E-state index in [2.05, 4.69) is 31.0 Å². The van der Waals surface area contributed by atoms with Crippen LogP contribution < -0.4 is 11.1 Å². The van der Waals surface area contributed by atoms with Crippen molar-refractivity contribution in [3.63, 3.8) is 0 Å². The highest BCUT2D eigenvalue weighted by Crippen LogP contribution is 2.38. The second-order valence-corrected chi connectivity index (χ2v) is 7.52. The van der Waals surface area contributed by atoms with Crippen LogP contribution in [-0.2, 0) is 4.79 Å². The number of rotatable bonds is 5. The summed E-state index contributed by atoms with van der Waals surface area (Å²) in [6.07, 6.45) is 5.54. The molecule has 5 unspecified atom stereocenters. The van der Waals surface area contributed by atoms with Gasteiger partial charge in [0.25, 0.3) is 0 Å². The number of hydrogen-bond donors (Lipinski definition) is 2. The van der Waals surface area contributed by atoms with Gasteiger partial charge in [0.15, 0.2) is 0 Å². The van der Waals surface area contributed by atoms with Gasteiger partial charge in [-0.3, -0.25) is 4.79 Å². The SMILES string of the molecule is CNC1(C(N)=O)CCCC1CCN1CC(C)CC(C)C1C. The molecule has 1 saturated carbocycles. The number of piperidine rings is 1. The van der Waals surface area contributed by atoms with Gasteiger partial charge in [-0.05, 0) is 64.0 Å². The molecular weight excluding hydrogens is 262 g/mol. The first-order valence-corrected chi connectivity index (χ1v) is 8.63. The van der Waals surface area contributed by atoms with Gasteiger partial charge in [-0.1, -0.05) is 20.3 Å². The maximum atomic E-state index is 11.9. The Bertz CT molecular complexity index is 373. The highest BCUT2D eigenvalue weighted by molar-refractivity contribution is 5.85. The first-order valence-electron chi connectivity index (χ1n) is 8.63. The molecule has 1 amide bonds. The Morgan fingerprint density at radius 2 is 2.10 bits per heavy atom. The molecule has 0 spiro atoms. The summed E-state index contributed by atoms with van der Waals surface area (Å²) in [5.41, 5.74) is 5.24. The Labute approximate surface area is 129 Å². The number of primary amides is 1. The molecule has 0 aromatic heterocycles. The van der Waals surface area contributed by atoms with Crippen LogP contribution in [0.4, 0.5) is 0 Å². The first-order chi connectivity index (χ1) is 9.90. The Kier molecular flexibility index (Phi) is 5.31. The second kappa shape index (κ2) is 6.66. The molecule has 1 aliphatic heterocycles. The molecule has 3 N–H and O–H groups in total. The minimum absolute atomic E-state index is 0.166. The number of amides is 1. The monoisotopic (exact) mass is 295 g/mol. The maximum Gasteiger partial charge on any atom is 0.238 e. The predicted molar refractivity (Wildman–Crippen MR) is 86.9 cm³/mol. The molecule has 2 fully saturated rings. The number of likely N-dealkylation sites (tertiary alicyclic amines) is 1. The van der Waals surface area contributed by atoms with Crippen molar-refractivity contribution in [1.82, 2.24) is 10.2 Å². The van der Waals surface area contributed by atoms with E-state index in [0.29, 0.717) is 12.0 Å². The third-order valence-electron chi connectivity index (χ3n) is 6.19. The summed E-state index contributed by atoms with van der Waals surface area (Å²) in [5.74, 6) is 1.77. The van der Waals surface area contributed by atoms with Crippen molar-refractivity contribution >= 4 is 5.91 Å². The smallest absolute Gasteiger partial charge is 0.238 e. The standard InChI is InChI=1S/C17H33N3O/c1-12-10-13(2)14(3)20(11-12)9-7-15-6-5-8-17(15,19-4)16(18)21/h12-15,19H,5-11H2,1-4H3,(H2,18,21). The highest BCUT2D eigenvalue weighted by Gasteiger charge is 2.46. The first kappa shape index (κ1) is 16.8. The van der Waals surface area contributed by atoms with Crippen LogP contribution in [0.25, 0.3) is 0 Å². The minimum Gasteiger partial charge on any atom is -0.368 e. The van der Waals surface area contributed by atoms with E-state index in [1.165, 1.54) is 13.0 Å². The van der Waals surface area contributed by atoms with Crippen LogP contribution in [0.1, 0.15) is 52.9 Å². The van der Waals surface area contributed by atoms with Gasteiger partial charge in [0.2, 0.25) is 5.91 Å². The van der Waals surface area contributed by atoms with Gasteiger partial charge in [0, 0.05) is 12.6 Å². The average molecular weight is 295 g/mol. The Hall–Kier alpha value is -0.610. The molecule has 2 aliphatic rings. The summed E-state index contributed by atoms with van der Waals surface area (Å²) in [7, 11) is 1.89. The lowest BCUT2D eigenvalue weighted by molar-refractivity contribution is -0.125. The van der Waals surface area contributed by atoms with E-state index in [-0.39, 0.29) is 5.91 Å². The number of carbonyl (C=O) groups excluding carboxylic acids is 1. The zero-order valence-electron chi connectivity index (χ0n) is 14.2. The highest BCUT2D eigenvalue weighted by atomic mass is 16.1. The lowest BCUT2D eigenvalue weighted by Crippen LogP contribution is -2.57. The maximum absolute atomic E-state index is 11.9. The number of nitrogens with two attached hydrogens (primary N) is 1. The van der Waals surface area contributed by atoms with E-state index in [1.807, 2.05) is 7.05 Å². The Morgan fingerprint density at radius 1 is 1.38 bits per heavy atom. The van der Waals surface area contributed by atoms with Crippen molar-refractivity contribution in [2.75, 3.05) is 20.1 Å². The van der Waals surface area contributed by atoms with Gasteiger partial charge in [0.05, 0.1) is 0 Å². The number of nitrogens with one attached hydrogen (secondary N) is 1. The van der Waals surface area contributed by atoms with Crippen LogP contribution in [0.5, 0.6) is 0 Å². The number of nitrogens with zero attached hydrogens (tertiary/aromatic N) is 1. The largest absolute Gasteiger partial charge is 0.368 e. The van der Waals surface area contributed by atoms with Gasteiger partial charge in [-0.2, -0.15) is 0 Å². The van der Waals surface area contributed by atoms with Crippen molar-refractivity contribution in [3.05, 3.63) is 0 Å². The number of likely N-dealkylation sites (N-methyl/N-ethyl adjacent to an activating group) is 1. The third-order valence-corrected chi connectivity index (χ3v) is 6.19. The zero-order chi connectivity index (χ0) is 15.6. The zero-order valence-corrected chi connectivity index (χ0v) is 14.2. The van der Waals surface area contributed by atoms with E-state index in [4.69, 9.17) is 5.73 Å². The molecule has 0 aromatic carbocycles. The molecule has 0 aromatic rings. The lowest BCUT2D eigenvalue weighted by Gasteiger charge is -2.42. The molecule has 122 valence electrons. The summed E-state index contributed by atoms with van der Waals surface area (Å²) in [4.78, 5) is 14.6. The molecular formula is C17H33N3O. The lowest BCUT2D eigenvalue weighted by atomic mass is 9.82. The van der Waals surface area contributed by atoms with Crippen LogP contribution in [-0.4, -0.2) is 42.5 Å². The summed E-state index contributed by atoms with van der Waals surface area (Å²) in [6.45, 7) is 9.36. The van der Waals surface area contributed by atoms with Crippen molar-refractivity contribution in [3.8, 4) is 0 Å². The van der Waals surface area contributed by atoms with Gasteiger partial charge >= 0.3 is 0 Å². The van der Waals surface area contributed by atoms with Crippen molar-refractivity contribution in [2.24, 2.45) is 23.5 Å². The molecule has 0 radical (unpaired) electrons. The molecule has 4 heteroatoms. The summed E-state index contributed by atoms with van der Waals surface area (Å²) < 4.78 is 0. The van der Waals surface area contributed by atoms with Crippen molar-refractivity contribution in [1.29, 1.82) is 0 Å². The molecule has 1 saturated heterocycles. The summed E-state index contributed by atoms with van der Waals surface area (Å²) in [5, 5.41) is 3.25. The van der Waals surface area contributed by atoms with Gasteiger partial charge < -0.3 is 16.0 Å². The molecule has 1 aliphatic carbocycles. The fourth-order valence-corrected chi connectivity index (χ4v) is 4.69. The van der Waals surface area contributed by atoms with Crippen LogP contribution >= 0.6 is 0 Å². The van der Waals surface area contributed by atoms with E-state index in [9.17, 15) is 4.79 Å². The van der Waals surface area contributed by atoms with Crippen LogP contribution in [0, 0.1) is 17.8 Å². The Morgan fingerprint density at radius 3 is 2.71 bits per heavy atom. The molecule has 0 bridgehead atoms. The van der Waals surface area contributed by atoms with E-state index in [0.717, 1.165) is 44.1 Å².